The molecule has 1 aromatic carbocycles. The van der Waals surface area contributed by atoms with Gasteiger partial charge in [-0.1, -0.05) is 17.7 Å². The molecule has 0 saturated carbocycles. The number of carbonyl (C=O) groups excluding carboxylic acids is 1. The molecule has 2 heterocycles. The maximum Gasteiger partial charge on any atom is 0.271 e. The number of halogens is 1. The van der Waals surface area contributed by atoms with Gasteiger partial charge in [0.1, 0.15) is 5.69 Å². The average molecular weight is 448 g/mol. The zero-order valence-corrected chi connectivity index (χ0v) is 18.8. The molecule has 0 radical (unpaired) electrons. The van der Waals surface area contributed by atoms with Crippen LogP contribution in [0.3, 0.4) is 0 Å². The number of amides is 1. The van der Waals surface area contributed by atoms with Crippen molar-refractivity contribution in [2.45, 2.75) is 33.5 Å². The van der Waals surface area contributed by atoms with Gasteiger partial charge in [-0.15, -0.1) is 0 Å². The van der Waals surface area contributed by atoms with Gasteiger partial charge in [0.2, 0.25) is 5.75 Å². The molecule has 9 nitrogen and oxygen atoms in total. The first-order chi connectivity index (χ1) is 14.9. The Morgan fingerprint density at radius 2 is 1.84 bits per heavy atom. The van der Waals surface area contributed by atoms with Crippen LogP contribution < -0.4 is 19.5 Å². The predicted molar refractivity (Wildman–Crippen MR) is 116 cm³/mol. The van der Waals surface area contributed by atoms with E-state index < -0.39 is 0 Å². The van der Waals surface area contributed by atoms with Crippen LogP contribution in [-0.4, -0.2) is 46.2 Å². The van der Waals surface area contributed by atoms with Crippen molar-refractivity contribution >= 4 is 17.5 Å². The maximum atomic E-state index is 12.4. The number of hydrogen-bond acceptors (Lipinski definition) is 6. The lowest BCUT2D eigenvalue weighted by Gasteiger charge is -2.13. The molecule has 0 atom stereocenters. The van der Waals surface area contributed by atoms with Crippen LogP contribution in [0.2, 0.25) is 5.02 Å². The number of para-hydroxylation sites is 1. The first-order valence-electron chi connectivity index (χ1n) is 9.79. The summed E-state index contributed by atoms with van der Waals surface area (Å²) in [7, 11) is 3.11. The molecule has 0 aliphatic heterocycles. The fraction of sp³-hybridized carbons (Fsp3) is 0.381. The van der Waals surface area contributed by atoms with Gasteiger partial charge in [-0.3, -0.25) is 9.48 Å². The van der Waals surface area contributed by atoms with Gasteiger partial charge in [0.25, 0.3) is 5.91 Å². The number of ether oxygens (including phenoxy) is 3. The molecule has 0 fully saturated rings. The van der Waals surface area contributed by atoms with Crippen molar-refractivity contribution in [3.05, 3.63) is 52.6 Å². The van der Waals surface area contributed by atoms with Gasteiger partial charge in [-0.05, 0) is 38.5 Å². The van der Waals surface area contributed by atoms with E-state index in [1.54, 1.807) is 38.6 Å². The lowest BCUT2D eigenvalue weighted by Crippen LogP contribution is -2.26. The van der Waals surface area contributed by atoms with Crippen molar-refractivity contribution in [1.82, 2.24) is 24.9 Å². The van der Waals surface area contributed by atoms with E-state index in [9.17, 15) is 4.79 Å². The Balaban J connectivity index is 1.50. The van der Waals surface area contributed by atoms with Crippen LogP contribution in [-0.2, 0) is 13.3 Å². The molecule has 0 bridgehead atoms. The summed E-state index contributed by atoms with van der Waals surface area (Å²) >= 11 is 6.15. The largest absolute Gasteiger partial charge is 0.493 e. The van der Waals surface area contributed by atoms with Crippen molar-refractivity contribution < 1.29 is 19.0 Å². The predicted octanol–water partition coefficient (Wildman–Crippen LogP) is 3.22. The second-order valence-electron chi connectivity index (χ2n) is 6.82. The average Bonchev–Trinajstić information content (AvgIpc) is 3.35. The van der Waals surface area contributed by atoms with Crippen LogP contribution in [0.5, 0.6) is 17.2 Å². The summed E-state index contributed by atoms with van der Waals surface area (Å²) in [4.78, 5) is 12.4. The minimum atomic E-state index is -0.250. The molecule has 0 spiro atoms. The van der Waals surface area contributed by atoms with Gasteiger partial charge in [0.15, 0.2) is 18.2 Å². The standard InChI is InChI=1S/C21H26ClN5O4/c1-14-19(22)15(2)27(24-14)11-6-10-23-21(28)16-9-12-26(25-16)13-31-20-17(29-3)7-5-8-18(20)30-4/h5,7-9,12H,6,10-11,13H2,1-4H3,(H,23,28). The minimum Gasteiger partial charge on any atom is -0.493 e. The van der Waals surface area contributed by atoms with Crippen molar-refractivity contribution in [2.24, 2.45) is 0 Å². The summed E-state index contributed by atoms with van der Waals surface area (Å²) in [6.07, 6.45) is 2.40. The molecular formula is C21H26ClN5O4. The maximum absolute atomic E-state index is 12.4. The van der Waals surface area contributed by atoms with E-state index in [4.69, 9.17) is 25.8 Å². The first-order valence-corrected chi connectivity index (χ1v) is 10.2. The van der Waals surface area contributed by atoms with E-state index in [1.165, 1.54) is 4.68 Å². The molecule has 0 unspecified atom stereocenters. The number of hydrogen-bond donors (Lipinski definition) is 1. The van der Waals surface area contributed by atoms with Crippen LogP contribution in [0.25, 0.3) is 0 Å². The highest BCUT2D eigenvalue weighted by Crippen LogP contribution is 2.36. The number of rotatable bonds is 10. The van der Waals surface area contributed by atoms with Crippen LogP contribution in [0.15, 0.2) is 30.5 Å². The fourth-order valence-corrected chi connectivity index (χ4v) is 3.19. The number of aromatic nitrogens is 4. The van der Waals surface area contributed by atoms with E-state index in [-0.39, 0.29) is 12.6 Å². The molecule has 3 aromatic rings. The van der Waals surface area contributed by atoms with Crippen LogP contribution >= 0.6 is 11.6 Å². The molecule has 10 heteroatoms. The number of nitrogens with zero attached hydrogens (tertiary/aromatic N) is 4. The lowest BCUT2D eigenvalue weighted by atomic mass is 10.3. The topological polar surface area (TPSA) is 92.4 Å². The smallest absolute Gasteiger partial charge is 0.271 e. The van der Waals surface area contributed by atoms with Crippen LogP contribution in [0, 0.1) is 13.8 Å². The molecule has 0 aliphatic carbocycles. The first kappa shape index (κ1) is 22.5. The zero-order valence-electron chi connectivity index (χ0n) is 18.0. The van der Waals surface area contributed by atoms with Gasteiger partial charge >= 0.3 is 0 Å². The Morgan fingerprint density at radius 1 is 1.13 bits per heavy atom. The van der Waals surface area contributed by atoms with Crippen molar-refractivity contribution in [3.8, 4) is 17.2 Å². The van der Waals surface area contributed by atoms with E-state index in [1.807, 2.05) is 24.6 Å². The highest BCUT2D eigenvalue weighted by molar-refractivity contribution is 6.31. The third-order valence-electron chi connectivity index (χ3n) is 4.72. The highest BCUT2D eigenvalue weighted by atomic mass is 35.5. The second-order valence-corrected chi connectivity index (χ2v) is 7.20. The Labute approximate surface area is 185 Å². The molecule has 166 valence electrons. The quantitative estimate of drug-likeness (QED) is 0.480. The van der Waals surface area contributed by atoms with E-state index in [0.29, 0.717) is 41.1 Å². The summed E-state index contributed by atoms with van der Waals surface area (Å²) in [6, 6.07) is 7.00. The number of benzene rings is 1. The van der Waals surface area contributed by atoms with Gasteiger partial charge in [-0.25, -0.2) is 4.68 Å². The summed E-state index contributed by atoms with van der Waals surface area (Å²) in [6.45, 7) is 5.07. The molecule has 0 saturated heterocycles. The van der Waals surface area contributed by atoms with E-state index >= 15 is 0 Å². The Kier molecular flexibility index (Phi) is 7.41. The van der Waals surface area contributed by atoms with Gasteiger partial charge in [0.05, 0.1) is 30.6 Å². The van der Waals surface area contributed by atoms with Gasteiger partial charge in [-0.2, -0.15) is 10.2 Å². The molecule has 3 rings (SSSR count). The lowest BCUT2D eigenvalue weighted by molar-refractivity contribution is 0.0945. The van der Waals surface area contributed by atoms with Gasteiger partial charge < -0.3 is 19.5 Å². The third kappa shape index (κ3) is 5.29. The van der Waals surface area contributed by atoms with Crippen molar-refractivity contribution in [1.29, 1.82) is 0 Å². The minimum absolute atomic E-state index is 0.0999. The summed E-state index contributed by atoms with van der Waals surface area (Å²) in [5, 5.41) is 12.2. The van der Waals surface area contributed by atoms with Crippen molar-refractivity contribution in [3.63, 3.8) is 0 Å². The summed E-state index contributed by atoms with van der Waals surface area (Å²) in [5.74, 6) is 1.32. The number of aryl methyl sites for hydroxylation is 2. The monoisotopic (exact) mass is 447 g/mol. The molecule has 1 amide bonds. The summed E-state index contributed by atoms with van der Waals surface area (Å²) in [5.41, 5.74) is 2.04. The molecular weight excluding hydrogens is 422 g/mol. The SMILES string of the molecule is COc1cccc(OC)c1OCn1ccc(C(=O)NCCCn2nc(C)c(Cl)c2C)n1. The highest BCUT2D eigenvalue weighted by Gasteiger charge is 2.13. The second kappa shape index (κ2) is 10.2. The van der Waals surface area contributed by atoms with Crippen LogP contribution in [0.4, 0.5) is 0 Å². The molecule has 0 aliphatic rings. The number of nitrogens with one attached hydrogen (secondary N) is 1. The van der Waals surface area contributed by atoms with E-state index in [2.05, 4.69) is 15.5 Å². The number of carbonyl (C=O) groups is 1. The number of methoxy groups -OCH3 is 2. The Morgan fingerprint density at radius 3 is 2.45 bits per heavy atom. The van der Waals surface area contributed by atoms with E-state index in [0.717, 1.165) is 17.8 Å². The summed E-state index contributed by atoms with van der Waals surface area (Å²) < 4.78 is 19.8. The van der Waals surface area contributed by atoms with Gasteiger partial charge in [0, 0.05) is 19.3 Å². The Hall–Kier alpha value is -3.20. The normalized spacial score (nSPS) is 10.7. The fourth-order valence-electron chi connectivity index (χ4n) is 3.06. The molecule has 2 aromatic heterocycles. The Bertz CT molecular complexity index is 1020. The molecule has 31 heavy (non-hydrogen) atoms. The third-order valence-corrected chi connectivity index (χ3v) is 5.27. The van der Waals surface area contributed by atoms with Crippen molar-refractivity contribution in [2.75, 3.05) is 20.8 Å². The van der Waals surface area contributed by atoms with Crippen LogP contribution in [0.1, 0.15) is 28.3 Å². The molecule has 1 N–H and O–H groups in total. The zero-order chi connectivity index (χ0) is 22.4.